The average Bonchev–Trinajstić information content (AvgIpc) is 2.56. The van der Waals surface area contributed by atoms with E-state index < -0.39 is 0 Å². The molecule has 1 rings (SSSR count). The molecular weight excluding hydrogens is 288 g/mol. The Morgan fingerprint density at radius 3 is 2.57 bits per heavy atom. The summed E-state index contributed by atoms with van der Waals surface area (Å²) in [5, 5.41) is 3.15. The van der Waals surface area contributed by atoms with Crippen LogP contribution in [-0.2, 0) is 4.74 Å². The Kier molecular flexibility index (Phi) is 8.67. The first kappa shape index (κ1) is 19.5. The smallest absolute Gasteiger partial charge is 0.356 e. The third-order valence-electron chi connectivity index (χ3n) is 4.44. The number of unbranched alkanes of at least 4 members (excludes halogenated alkanes) is 2. The van der Waals surface area contributed by atoms with E-state index in [0.717, 1.165) is 12.2 Å². The number of nitrogens with zero attached hydrogens (tertiary/aromatic N) is 1. The van der Waals surface area contributed by atoms with Crippen LogP contribution in [0.15, 0.2) is 12.1 Å². The Balaban J connectivity index is 2.97. The van der Waals surface area contributed by atoms with E-state index in [1.807, 2.05) is 13.1 Å². The maximum Gasteiger partial charge on any atom is 0.356 e. The van der Waals surface area contributed by atoms with Crippen LogP contribution in [0.1, 0.15) is 81.8 Å². The Labute approximate surface area is 141 Å². The summed E-state index contributed by atoms with van der Waals surface area (Å²) in [5.74, 6) is 1.50. The molecule has 0 saturated carbocycles. The third kappa shape index (κ3) is 5.52. The molecule has 0 spiro atoms. The zero-order valence-corrected chi connectivity index (χ0v) is 15.3. The molecule has 0 saturated heterocycles. The van der Waals surface area contributed by atoms with Gasteiger partial charge < -0.3 is 10.1 Å². The number of rotatable bonds is 10. The monoisotopic (exact) mass is 320 g/mol. The van der Waals surface area contributed by atoms with Gasteiger partial charge in [-0.15, -0.1) is 0 Å². The van der Waals surface area contributed by atoms with E-state index >= 15 is 0 Å². The molecule has 0 aromatic carbocycles. The minimum atomic E-state index is -0.361. The summed E-state index contributed by atoms with van der Waals surface area (Å²) in [7, 11) is 1.86. The fraction of sp³-hybridized carbons (Fsp3) is 0.684. The highest BCUT2D eigenvalue weighted by Gasteiger charge is 2.22. The fourth-order valence-electron chi connectivity index (χ4n) is 3.13. The van der Waals surface area contributed by atoms with Crippen LogP contribution in [0.2, 0.25) is 0 Å². The standard InChI is InChI=1S/C19H32N2O2/c1-6-9-10-11-14(4)15(7-2)16-12-13-17(19(22)23-8-3)21-18(16)20-5/h12-15H,6-11H2,1-5H3,(H,20,21). The van der Waals surface area contributed by atoms with Crippen LogP contribution in [-0.4, -0.2) is 24.6 Å². The quantitative estimate of drug-likeness (QED) is 0.486. The highest BCUT2D eigenvalue weighted by molar-refractivity contribution is 5.87. The lowest BCUT2D eigenvalue weighted by atomic mass is 9.82. The van der Waals surface area contributed by atoms with Crippen molar-refractivity contribution in [2.45, 2.75) is 65.7 Å². The third-order valence-corrected chi connectivity index (χ3v) is 4.44. The fourth-order valence-corrected chi connectivity index (χ4v) is 3.13. The molecule has 4 nitrogen and oxygen atoms in total. The first-order valence-corrected chi connectivity index (χ1v) is 8.94. The van der Waals surface area contributed by atoms with E-state index in [-0.39, 0.29) is 5.97 Å². The van der Waals surface area contributed by atoms with Crippen molar-refractivity contribution in [3.8, 4) is 0 Å². The van der Waals surface area contributed by atoms with Crippen molar-refractivity contribution in [3.63, 3.8) is 0 Å². The Morgan fingerprint density at radius 1 is 1.26 bits per heavy atom. The van der Waals surface area contributed by atoms with Gasteiger partial charge in [0.25, 0.3) is 0 Å². The molecule has 2 atom stereocenters. The normalized spacial score (nSPS) is 13.4. The number of esters is 1. The highest BCUT2D eigenvalue weighted by atomic mass is 16.5. The van der Waals surface area contributed by atoms with Gasteiger partial charge >= 0.3 is 5.97 Å². The van der Waals surface area contributed by atoms with Crippen LogP contribution < -0.4 is 5.32 Å². The second kappa shape index (κ2) is 10.2. The maximum absolute atomic E-state index is 11.9. The summed E-state index contributed by atoms with van der Waals surface area (Å²) in [4.78, 5) is 16.3. The number of carbonyl (C=O) groups is 1. The summed E-state index contributed by atoms with van der Waals surface area (Å²) in [6, 6.07) is 3.82. The largest absolute Gasteiger partial charge is 0.461 e. The Morgan fingerprint density at radius 2 is 2.00 bits per heavy atom. The molecule has 1 heterocycles. The predicted molar refractivity (Wildman–Crippen MR) is 96.1 cm³/mol. The van der Waals surface area contributed by atoms with Crippen LogP contribution in [0.5, 0.6) is 0 Å². The van der Waals surface area contributed by atoms with Crippen molar-refractivity contribution < 1.29 is 9.53 Å². The molecular formula is C19H32N2O2. The second-order valence-corrected chi connectivity index (χ2v) is 6.09. The molecule has 1 aromatic heterocycles. The van der Waals surface area contributed by atoms with Crippen molar-refractivity contribution in [1.29, 1.82) is 0 Å². The first-order valence-electron chi connectivity index (χ1n) is 8.94. The van der Waals surface area contributed by atoms with Crippen LogP contribution >= 0.6 is 0 Å². The number of hydrogen-bond acceptors (Lipinski definition) is 4. The molecule has 0 aliphatic heterocycles. The number of aromatic nitrogens is 1. The SMILES string of the molecule is CCCCCC(C)C(CC)c1ccc(C(=O)OCC)nc1NC. The van der Waals surface area contributed by atoms with Gasteiger partial charge in [0.05, 0.1) is 6.61 Å². The Bertz CT molecular complexity index is 488. The molecule has 2 unspecified atom stereocenters. The number of hydrogen-bond donors (Lipinski definition) is 1. The zero-order chi connectivity index (χ0) is 17.2. The first-order chi connectivity index (χ1) is 11.1. The molecule has 4 heteroatoms. The zero-order valence-electron chi connectivity index (χ0n) is 15.3. The summed E-state index contributed by atoms with van der Waals surface area (Å²) in [5.41, 5.74) is 1.57. The number of carbonyl (C=O) groups excluding carboxylic acids is 1. The van der Waals surface area contributed by atoms with E-state index in [4.69, 9.17) is 4.74 Å². The number of ether oxygens (including phenoxy) is 1. The summed E-state index contributed by atoms with van der Waals surface area (Å²) < 4.78 is 5.04. The summed E-state index contributed by atoms with van der Waals surface area (Å²) in [6.45, 7) is 8.95. The van der Waals surface area contributed by atoms with Gasteiger partial charge in [-0.05, 0) is 36.8 Å². The van der Waals surface area contributed by atoms with Gasteiger partial charge in [-0.25, -0.2) is 9.78 Å². The lowest BCUT2D eigenvalue weighted by Gasteiger charge is -2.25. The molecule has 23 heavy (non-hydrogen) atoms. The van der Waals surface area contributed by atoms with Gasteiger partial charge in [0.2, 0.25) is 0 Å². The van der Waals surface area contributed by atoms with Gasteiger partial charge in [-0.3, -0.25) is 0 Å². The maximum atomic E-state index is 11.9. The number of pyridine rings is 1. The Hall–Kier alpha value is -1.58. The van der Waals surface area contributed by atoms with Crippen molar-refractivity contribution in [2.24, 2.45) is 5.92 Å². The minimum absolute atomic E-state index is 0.361. The van der Waals surface area contributed by atoms with Crippen LogP contribution in [0.3, 0.4) is 0 Å². The van der Waals surface area contributed by atoms with Crippen molar-refractivity contribution in [3.05, 3.63) is 23.4 Å². The van der Waals surface area contributed by atoms with Crippen LogP contribution in [0, 0.1) is 5.92 Å². The molecule has 0 bridgehead atoms. The van der Waals surface area contributed by atoms with Crippen LogP contribution in [0.4, 0.5) is 5.82 Å². The van der Waals surface area contributed by atoms with Gasteiger partial charge in [0, 0.05) is 7.05 Å². The van der Waals surface area contributed by atoms with E-state index in [0.29, 0.717) is 24.1 Å². The molecule has 0 radical (unpaired) electrons. The van der Waals surface area contributed by atoms with E-state index in [1.54, 1.807) is 13.0 Å². The van der Waals surface area contributed by atoms with E-state index in [2.05, 4.69) is 31.1 Å². The average molecular weight is 320 g/mol. The minimum Gasteiger partial charge on any atom is -0.461 e. The van der Waals surface area contributed by atoms with Crippen molar-refractivity contribution in [1.82, 2.24) is 4.98 Å². The summed E-state index contributed by atoms with van der Waals surface area (Å²) >= 11 is 0. The number of nitrogens with one attached hydrogen (secondary N) is 1. The molecule has 0 aliphatic rings. The van der Waals surface area contributed by atoms with Crippen LogP contribution in [0.25, 0.3) is 0 Å². The molecule has 0 aliphatic carbocycles. The van der Waals surface area contributed by atoms with Gasteiger partial charge in [-0.2, -0.15) is 0 Å². The second-order valence-electron chi connectivity index (χ2n) is 6.09. The summed E-state index contributed by atoms with van der Waals surface area (Å²) in [6.07, 6.45) is 6.12. The molecule has 0 fully saturated rings. The molecule has 1 N–H and O–H groups in total. The topological polar surface area (TPSA) is 51.2 Å². The van der Waals surface area contributed by atoms with E-state index in [1.165, 1.54) is 31.2 Å². The van der Waals surface area contributed by atoms with E-state index in [9.17, 15) is 4.79 Å². The lowest BCUT2D eigenvalue weighted by molar-refractivity contribution is 0.0519. The molecule has 1 aromatic rings. The lowest BCUT2D eigenvalue weighted by Crippen LogP contribution is -2.15. The predicted octanol–water partition coefficient (Wildman–Crippen LogP) is 5.01. The number of anilines is 1. The van der Waals surface area contributed by atoms with Gasteiger partial charge in [-0.1, -0.05) is 52.5 Å². The highest BCUT2D eigenvalue weighted by Crippen LogP contribution is 2.35. The van der Waals surface area contributed by atoms with Crippen molar-refractivity contribution in [2.75, 3.05) is 19.0 Å². The van der Waals surface area contributed by atoms with Gasteiger partial charge in [0.15, 0.2) is 5.69 Å². The van der Waals surface area contributed by atoms with Crippen molar-refractivity contribution >= 4 is 11.8 Å². The molecule has 0 amide bonds. The van der Waals surface area contributed by atoms with Gasteiger partial charge in [0.1, 0.15) is 5.82 Å². The molecule has 130 valence electrons.